The van der Waals surface area contributed by atoms with Gasteiger partial charge in [0.2, 0.25) is 5.58 Å². The lowest BCUT2D eigenvalue weighted by Crippen LogP contribution is -2.21. The van der Waals surface area contributed by atoms with Crippen LogP contribution in [0.15, 0.2) is 77.5 Å². The van der Waals surface area contributed by atoms with Crippen LogP contribution in [-0.4, -0.2) is 49.9 Å². The molecule has 3 aromatic heterocycles. The summed E-state index contributed by atoms with van der Waals surface area (Å²) in [7, 11) is 0. The van der Waals surface area contributed by atoms with Crippen molar-refractivity contribution in [1.82, 2.24) is 14.9 Å². The molecule has 10 nitrogen and oxygen atoms in total. The number of likely N-dealkylation sites (tertiary alicyclic amines) is 1. The van der Waals surface area contributed by atoms with Crippen molar-refractivity contribution in [2.24, 2.45) is 0 Å². The molecule has 0 bridgehead atoms. The third-order valence-electron chi connectivity index (χ3n) is 9.99. The number of nitro groups is 1. The number of pyridine rings is 2. The molecular weight excluding hydrogens is 618 g/mol. The van der Waals surface area contributed by atoms with Crippen LogP contribution < -0.4 is 5.32 Å². The van der Waals surface area contributed by atoms with Gasteiger partial charge in [-0.15, -0.1) is 0 Å². The molecule has 0 unspecified atom stereocenters. The molecule has 4 heterocycles. The van der Waals surface area contributed by atoms with E-state index in [1.165, 1.54) is 0 Å². The predicted octanol–water partition coefficient (Wildman–Crippen LogP) is 8.06. The maximum Gasteiger partial charge on any atom is 0.316 e. The molecule has 8 rings (SSSR count). The second-order valence-electron chi connectivity index (χ2n) is 13.1. The van der Waals surface area contributed by atoms with E-state index >= 15 is 0 Å². The number of rotatable bonds is 7. The van der Waals surface area contributed by atoms with E-state index in [2.05, 4.69) is 40.3 Å². The summed E-state index contributed by atoms with van der Waals surface area (Å²) < 4.78 is 6.25. The molecule has 1 aliphatic heterocycles. The van der Waals surface area contributed by atoms with Gasteiger partial charge >= 0.3 is 5.69 Å². The first-order valence-corrected chi connectivity index (χ1v) is 16.6. The minimum Gasteiger partial charge on any atom is -0.449 e. The van der Waals surface area contributed by atoms with Crippen LogP contribution in [0.5, 0.6) is 0 Å². The van der Waals surface area contributed by atoms with Crippen molar-refractivity contribution in [3.05, 3.63) is 111 Å². The number of hydrogen-bond donors (Lipinski definition) is 2. The maximum atomic E-state index is 12.7. The molecule has 0 spiro atoms. The molecule has 0 saturated carbocycles. The monoisotopic (exact) mass is 653 g/mol. The fraction of sp³-hybridized carbons (Fsp3) is 0.256. The molecule has 0 amide bonds. The van der Waals surface area contributed by atoms with E-state index in [0.29, 0.717) is 53.9 Å². The van der Waals surface area contributed by atoms with Gasteiger partial charge in [-0.05, 0) is 91.3 Å². The molecule has 246 valence electrons. The number of carbonyl (C=O) groups is 1. The summed E-state index contributed by atoms with van der Waals surface area (Å²) >= 11 is 0. The minimum absolute atomic E-state index is 0.0607. The van der Waals surface area contributed by atoms with E-state index in [-0.39, 0.29) is 23.2 Å². The number of anilines is 2. The average molecular weight is 654 g/mol. The summed E-state index contributed by atoms with van der Waals surface area (Å²) in [5, 5.41) is 27.2. The van der Waals surface area contributed by atoms with Crippen molar-refractivity contribution < 1.29 is 19.2 Å². The Bertz CT molecular complexity index is 2310. The zero-order chi connectivity index (χ0) is 33.8. The van der Waals surface area contributed by atoms with Gasteiger partial charge in [-0.3, -0.25) is 24.8 Å². The lowest BCUT2D eigenvalue weighted by molar-refractivity contribution is -0.384. The first-order valence-electron chi connectivity index (χ1n) is 16.6. The van der Waals surface area contributed by atoms with Crippen molar-refractivity contribution >= 4 is 44.8 Å². The number of carbonyl (C=O) groups excluding carboxylic acids is 1. The third-order valence-corrected chi connectivity index (χ3v) is 9.99. The van der Waals surface area contributed by atoms with E-state index in [1.54, 1.807) is 18.3 Å². The largest absolute Gasteiger partial charge is 0.449 e. The molecule has 10 heteroatoms. The molecule has 1 saturated heterocycles. The molecule has 49 heavy (non-hydrogen) atoms. The number of furan rings is 1. The summed E-state index contributed by atoms with van der Waals surface area (Å²) in [4.78, 5) is 36.1. The van der Waals surface area contributed by atoms with Gasteiger partial charge in [0.25, 0.3) is 0 Å². The van der Waals surface area contributed by atoms with Crippen molar-refractivity contribution in [2.45, 2.75) is 52.2 Å². The van der Waals surface area contributed by atoms with Crippen molar-refractivity contribution in [2.75, 3.05) is 18.4 Å². The van der Waals surface area contributed by atoms with Crippen LogP contribution in [0.2, 0.25) is 0 Å². The highest BCUT2D eigenvalue weighted by atomic mass is 16.6. The van der Waals surface area contributed by atoms with Crippen LogP contribution in [0.25, 0.3) is 44.3 Å². The summed E-state index contributed by atoms with van der Waals surface area (Å²) in [5.41, 5.74) is 8.62. The Balaban J connectivity index is 1.13. The van der Waals surface area contributed by atoms with Crippen LogP contribution in [0.1, 0.15) is 51.9 Å². The molecule has 3 aromatic carbocycles. The summed E-state index contributed by atoms with van der Waals surface area (Å²) in [6, 6.07) is 19.7. The highest BCUT2D eigenvalue weighted by Gasteiger charge is 2.31. The van der Waals surface area contributed by atoms with E-state index in [0.717, 1.165) is 69.5 Å². The Kier molecular flexibility index (Phi) is 7.69. The predicted molar refractivity (Wildman–Crippen MR) is 189 cm³/mol. The topological polar surface area (TPSA) is 135 Å². The number of benzene rings is 3. The van der Waals surface area contributed by atoms with Crippen molar-refractivity contribution in [3.63, 3.8) is 0 Å². The number of nitrogens with zero attached hydrogens (tertiary/aromatic N) is 4. The van der Waals surface area contributed by atoms with Crippen LogP contribution in [0, 0.1) is 24.0 Å². The average Bonchev–Trinajstić information content (AvgIpc) is 3.70. The minimum atomic E-state index is -0.419. The fourth-order valence-electron chi connectivity index (χ4n) is 7.47. The second kappa shape index (κ2) is 12.2. The Morgan fingerprint density at radius 2 is 1.78 bits per heavy atom. The number of hydrogen-bond acceptors (Lipinski definition) is 9. The Morgan fingerprint density at radius 1 is 0.980 bits per heavy atom. The zero-order valence-corrected chi connectivity index (χ0v) is 27.3. The van der Waals surface area contributed by atoms with E-state index < -0.39 is 4.92 Å². The second-order valence-corrected chi connectivity index (χ2v) is 13.1. The van der Waals surface area contributed by atoms with Crippen LogP contribution in [-0.2, 0) is 13.0 Å². The summed E-state index contributed by atoms with van der Waals surface area (Å²) in [5.74, 6) is 1.12. The Morgan fingerprint density at radius 3 is 2.57 bits per heavy atom. The highest BCUT2D eigenvalue weighted by molar-refractivity contribution is 6.05. The first-order chi connectivity index (χ1) is 23.7. The quantitative estimate of drug-likeness (QED) is 0.130. The number of nitrogens with one attached hydrogen (secondary N) is 1. The fourth-order valence-corrected chi connectivity index (χ4v) is 7.47. The maximum absolute atomic E-state index is 12.7. The van der Waals surface area contributed by atoms with E-state index in [4.69, 9.17) is 9.40 Å². The van der Waals surface area contributed by atoms with Gasteiger partial charge in [0.05, 0.1) is 11.0 Å². The standard InChI is InChI=1S/C39H35N5O5/c1-22-28(6-3-8-30(22)35-18-26-17-32-31(9-5-11-34(32)46)37(44(47)48)38(26)49-35)29-7-4-10-33(23(29)2)42-39-36-25(12-14-40-39)16-24(19-41-36)20-43-15-13-27(45)21-43/h3-4,6-8,10,12,14,16-19,27,45H,5,9,11,13,15,20-21H2,1-2H3,(H,40,42)/t27-/m1/s1. The SMILES string of the molecule is Cc1c(Nc2nccc3cc(CN4CC[C@@H](O)C4)cnc23)cccc1-c1cccc(-c2cc3cc4c(c([N+](=O)[O-])c3o2)CCCC4=O)c1C. The van der Waals surface area contributed by atoms with Gasteiger partial charge in [0.1, 0.15) is 11.3 Å². The van der Waals surface area contributed by atoms with Crippen LogP contribution in [0.3, 0.4) is 0 Å². The molecule has 2 aliphatic rings. The van der Waals surface area contributed by atoms with Gasteiger partial charge in [0.15, 0.2) is 11.6 Å². The molecule has 1 aliphatic carbocycles. The number of β-amino-alcohol motifs (C(OH)–C–C–N with tert-alkyl or cyclic N) is 1. The molecule has 6 aromatic rings. The van der Waals surface area contributed by atoms with Crippen molar-refractivity contribution in [3.8, 4) is 22.5 Å². The Labute approximate surface area is 282 Å². The lowest BCUT2D eigenvalue weighted by Gasteiger charge is -2.17. The summed E-state index contributed by atoms with van der Waals surface area (Å²) in [6.45, 7) is 6.40. The van der Waals surface area contributed by atoms with Gasteiger partial charge in [-0.2, -0.15) is 0 Å². The van der Waals surface area contributed by atoms with Gasteiger partial charge < -0.3 is 14.8 Å². The first kappa shape index (κ1) is 30.9. The highest BCUT2D eigenvalue weighted by Crippen LogP contribution is 2.42. The molecule has 0 radical (unpaired) electrons. The number of aliphatic hydroxyl groups excluding tert-OH is 1. The van der Waals surface area contributed by atoms with Crippen LogP contribution >= 0.6 is 0 Å². The van der Waals surface area contributed by atoms with Gasteiger partial charge in [-0.25, -0.2) is 4.98 Å². The number of nitro benzene ring substituents is 1. The van der Waals surface area contributed by atoms with E-state index in [9.17, 15) is 20.0 Å². The Hall–Kier alpha value is -5.45. The zero-order valence-electron chi connectivity index (χ0n) is 27.3. The number of fused-ring (bicyclic) bond motifs is 3. The van der Waals surface area contributed by atoms with Crippen LogP contribution in [0.4, 0.5) is 17.2 Å². The normalized spacial score (nSPS) is 16.4. The molecular formula is C39H35N5O5. The third kappa shape index (κ3) is 5.52. The number of ketones is 1. The van der Waals surface area contributed by atoms with Gasteiger partial charge in [-0.1, -0.05) is 30.3 Å². The summed E-state index contributed by atoms with van der Waals surface area (Å²) in [6.07, 6.45) is 5.69. The van der Waals surface area contributed by atoms with E-state index in [1.807, 2.05) is 43.5 Å². The smallest absolute Gasteiger partial charge is 0.316 e. The number of aliphatic hydroxyl groups is 1. The lowest BCUT2D eigenvalue weighted by atomic mass is 9.88. The molecule has 2 N–H and O–H groups in total. The molecule has 1 fully saturated rings. The number of Topliss-reactive ketones (excluding diaryl/α,β-unsaturated/α-hetero) is 1. The number of aromatic nitrogens is 2. The van der Waals surface area contributed by atoms with Crippen molar-refractivity contribution in [1.29, 1.82) is 0 Å². The van der Waals surface area contributed by atoms with Gasteiger partial charge in [0, 0.05) is 71.6 Å². The molecule has 1 atom stereocenters.